The number of hydrogen-bond acceptors (Lipinski definition) is 2. The predicted octanol–water partition coefficient (Wildman–Crippen LogP) is 4.41. The van der Waals surface area contributed by atoms with E-state index in [0.29, 0.717) is 5.56 Å². The van der Waals surface area contributed by atoms with Crippen LogP contribution in [0.2, 0.25) is 0 Å². The van der Waals surface area contributed by atoms with Crippen LogP contribution in [0.3, 0.4) is 0 Å². The molecule has 0 amide bonds. The van der Waals surface area contributed by atoms with Gasteiger partial charge in [-0.25, -0.2) is 8.78 Å². The number of nitrogens with zero attached hydrogens (tertiary/aromatic N) is 1. The van der Waals surface area contributed by atoms with Gasteiger partial charge in [0.1, 0.15) is 11.6 Å². The Morgan fingerprint density at radius 1 is 1.00 bits per heavy atom. The number of hydrogen-bond donors (Lipinski definition) is 0. The van der Waals surface area contributed by atoms with Crippen molar-refractivity contribution in [1.29, 1.82) is 0 Å². The van der Waals surface area contributed by atoms with Gasteiger partial charge in [0.15, 0.2) is 0 Å². The Morgan fingerprint density at radius 3 is 2.15 bits per heavy atom. The maximum Gasteiger partial charge on any atom is 0.143 e. The quantitative estimate of drug-likeness (QED) is 0.429. The van der Waals surface area contributed by atoms with Crippen LogP contribution in [0.15, 0.2) is 41.4 Å². The van der Waals surface area contributed by atoms with Crippen LogP contribution < -0.4 is 0 Å². The molecule has 0 saturated carbocycles. The highest BCUT2D eigenvalue weighted by Crippen LogP contribution is 2.20. The smallest absolute Gasteiger partial charge is 0.143 e. The van der Waals surface area contributed by atoms with Crippen LogP contribution >= 0.6 is 12.2 Å². The molecule has 2 rings (SSSR count). The van der Waals surface area contributed by atoms with E-state index in [1.165, 1.54) is 0 Å². The molecule has 0 radical (unpaired) electrons. The van der Waals surface area contributed by atoms with Crippen molar-refractivity contribution in [2.75, 3.05) is 0 Å². The van der Waals surface area contributed by atoms with Gasteiger partial charge in [-0.1, -0.05) is 29.5 Å². The second-order valence-corrected chi connectivity index (χ2v) is 4.29. The molecular weight excluding hydrogens is 276 g/mol. The molecule has 0 aliphatic heterocycles. The Balaban J connectivity index is 2.40. The van der Waals surface area contributed by atoms with Crippen LogP contribution in [-0.2, 0) is 0 Å². The molecule has 2 aromatic rings. The summed E-state index contributed by atoms with van der Waals surface area (Å²) in [6, 6.07) is 9.50. The lowest BCUT2D eigenvalue weighted by Gasteiger charge is -1.98. The maximum absolute atomic E-state index is 13.7. The second-order valence-electron chi connectivity index (χ2n) is 4.10. The van der Waals surface area contributed by atoms with Gasteiger partial charge in [-0.05, 0) is 31.3 Å². The third-order valence-electron chi connectivity index (χ3n) is 2.59. The predicted molar refractivity (Wildman–Crippen MR) is 78.2 cm³/mol. The normalized spacial score (nSPS) is 9.35. The molecule has 4 heteroatoms. The Labute approximate surface area is 121 Å². The van der Waals surface area contributed by atoms with E-state index < -0.39 is 11.6 Å². The van der Waals surface area contributed by atoms with Gasteiger partial charge in [0, 0.05) is 17.7 Å². The molecule has 0 aliphatic rings. The molecule has 1 nitrogen and oxygen atoms in total. The lowest BCUT2D eigenvalue weighted by molar-refractivity contribution is 0.578. The third-order valence-corrected chi connectivity index (χ3v) is 2.68. The summed E-state index contributed by atoms with van der Waals surface area (Å²) in [7, 11) is 0. The standard InChI is InChI=1S/C16H9F2NS/c1-11-2-4-12(5-3-11)6-7-14-15(17)8-13(19-10-20)9-16(14)18/h2-5,8-9H,1H3. The zero-order valence-electron chi connectivity index (χ0n) is 10.6. The Hall–Kier alpha value is -2.34. The van der Waals surface area contributed by atoms with Crippen LogP contribution in [0.25, 0.3) is 0 Å². The minimum Gasteiger partial charge on any atom is -0.205 e. The lowest BCUT2D eigenvalue weighted by Crippen LogP contribution is -1.90. The molecule has 0 unspecified atom stereocenters. The summed E-state index contributed by atoms with van der Waals surface area (Å²) < 4.78 is 27.5. The van der Waals surface area contributed by atoms with E-state index in [4.69, 9.17) is 0 Å². The highest BCUT2D eigenvalue weighted by Gasteiger charge is 2.08. The van der Waals surface area contributed by atoms with Crippen molar-refractivity contribution in [3.8, 4) is 11.8 Å². The topological polar surface area (TPSA) is 12.4 Å². The molecule has 20 heavy (non-hydrogen) atoms. The zero-order chi connectivity index (χ0) is 14.5. The summed E-state index contributed by atoms with van der Waals surface area (Å²) in [6.45, 7) is 1.95. The summed E-state index contributed by atoms with van der Waals surface area (Å²) in [6.07, 6.45) is 0. The zero-order valence-corrected chi connectivity index (χ0v) is 11.4. The molecule has 0 fully saturated rings. The Kier molecular flexibility index (Phi) is 4.37. The first kappa shape index (κ1) is 14.1. The monoisotopic (exact) mass is 285 g/mol. The molecule has 0 heterocycles. The van der Waals surface area contributed by atoms with E-state index in [2.05, 4.69) is 34.2 Å². The van der Waals surface area contributed by atoms with E-state index in [-0.39, 0.29) is 11.3 Å². The molecule has 0 aromatic heterocycles. The van der Waals surface area contributed by atoms with Gasteiger partial charge in [-0.15, -0.1) is 0 Å². The van der Waals surface area contributed by atoms with Crippen molar-refractivity contribution in [3.05, 3.63) is 64.7 Å². The average molecular weight is 285 g/mol. The minimum absolute atomic E-state index is 0.0795. The van der Waals surface area contributed by atoms with Crippen LogP contribution in [-0.4, -0.2) is 5.16 Å². The largest absolute Gasteiger partial charge is 0.205 e. The van der Waals surface area contributed by atoms with Crippen molar-refractivity contribution in [2.45, 2.75) is 6.92 Å². The van der Waals surface area contributed by atoms with Gasteiger partial charge in [0.05, 0.1) is 16.4 Å². The van der Waals surface area contributed by atoms with Crippen molar-refractivity contribution in [3.63, 3.8) is 0 Å². The molecule has 0 N–H and O–H groups in total. The molecule has 0 aliphatic carbocycles. The minimum atomic E-state index is -0.770. The third kappa shape index (κ3) is 3.36. The molecule has 0 saturated heterocycles. The fraction of sp³-hybridized carbons (Fsp3) is 0.0625. The first-order valence-corrected chi connectivity index (χ1v) is 6.16. The van der Waals surface area contributed by atoms with Gasteiger partial charge < -0.3 is 0 Å². The molecule has 0 atom stereocenters. The molecular formula is C16H9F2NS. The number of thiocarbonyl (C=S) groups is 1. The van der Waals surface area contributed by atoms with Gasteiger partial charge in [0.25, 0.3) is 0 Å². The molecule has 0 spiro atoms. The maximum atomic E-state index is 13.7. The Morgan fingerprint density at radius 2 is 1.60 bits per heavy atom. The van der Waals surface area contributed by atoms with Crippen LogP contribution in [0.4, 0.5) is 14.5 Å². The van der Waals surface area contributed by atoms with E-state index in [9.17, 15) is 8.78 Å². The molecule has 98 valence electrons. The van der Waals surface area contributed by atoms with Crippen LogP contribution in [0.5, 0.6) is 0 Å². The number of isothiocyanates is 1. The first-order chi connectivity index (χ1) is 9.60. The summed E-state index contributed by atoms with van der Waals surface area (Å²) in [5, 5.41) is 2.06. The fourth-order valence-corrected chi connectivity index (χ4v) is 1.67. The molecule has 2 aromatic carbocycles. The second kappa shape index (κ2) is 6.21. The number of benzene rings is 2. The van der Waals surface area contributed by atoms with Gasteiger partial charge in [-0.2, -0.15) is 4.99 Å². The molecule has 0 bridgehead atoms. The number of rotatable bonds is 1. The van der Waals surface area contributed by atoms with E-state index in [1.54, 1.807) is 12.1 Å². The van der Waals surface area contributed by atoms with E-state index >= 15 is 0 Å². The number of aliphatic imine (C=N–C) groups is 1. The summed E-state index contributed by atoms with van der Waals surface area (Å²) in [5.74, 6) is 3.68. The SMILES string of the molecule is Cc1ccc(C#Cc2c(F)cc(N=C=S)cc2F)cc1. The van der Waals surface area contributed by atoms with Gasteiger partial charge >= 0.3 is 0 Å². The summed E-state index contributed by atoms with van der Waals surface area (Å²) in [5.41, 5.74) is 1.58. The van der Waals surface area contributed by atoms with E-state index in [0.717, 1.165) is 17.7 Å². The van der Waals surface area contributed by atoms with Crippen molar-refractivity contribution < 1.29 is 8.78 Å². The Bertz CT molecular complexity index is 725. The fourth-order valence-electron chi connectivity index (χ4n) is 1.57. The van der Waals surface area contributed by atoms with E-state index in [1.807, 2.05) is 19.1 Å². The summed E-state index contributed by atoms with van der Waals surface area (Å²) >= 11 is 4.39. The average Bonchev–Trinajstić information content (AvgIpc) is 2.40. The van der Waals surface area contributed by atoms with Gasteiger partial charge in [-0.3, -0.25) is 0 Å². The lowest BCUT2D eigenvalue weighted by atomic mass is 10.1. The first-order valence-electron chi connectivity index (χ1n) is 5.76. The van der Waals surface area contributed by atoms with Crippen molar-refractivity contribution >= 4 is 23.1 Å². The number of halogens is 2. The van der Waals surface area contributed by atoms with Gasteiger partial charge in [0.2, 0.25) is 0 Å². The highest BCUT2D eigenvalue weighted by atomic mass is 32.1. The summed E-state index contributed by atoms with van der Waals surface area (Å²) in [4.78, 5) is 3.53. The highest BCUT2D eigenvalue weighted by molar-refractivity contribution is 7.78. The van der Waals surface area contributed by atoms with Crippen LogP contribution in [0, 0.1) is 30.4 Å². The van der Waals surface area contributed by atoms with Crippen molar-refractivity contribution in [2.24, 2.45) is 4.99 Å². The van der Waals surface area contributed by atoms with Crippen molar-refractivity contribution in [1.82, 2.24) is 0 Å². The van der Waals surface area contributed by atoms with Crippen LogP contribution in [0.1, 0.15) is 16.7 Å². The number of aryl methyl sites for hydroxylation is 1.